The lowest BCUT2D eigenvalue weighted by molar-refractivity contribution is 0.146. The lowest BCUT2D eigenvalue weighted by atomic mass is 9.61. The molecule has 2 aliphatic rings. The van der Waals surface area contributed by atoms with E-state index in [4.69, 9.17) is 4.74 Å². The maximum Gasteiger partial charge on any atom is 0.232 e. The van der Waals surface area contributed by atoms with Crippen molar-refractivity contribution in [3.05, 3.63) is 88.7 Å². The number of benzene rings is 1. The van der Waals surface area contributed by atoms with E-state index in [0.717, 1.165) is 37.9 Å². The van der Waals surface area contributed by atoms with Gasteiger partial charge in [0.1, 0.15) is 0 Å². The number of rotatable bonds is 7. The Morgan fingerprint density at radius 2 is 1.89 bits per heavy atom. The first kappa shape index (κ1) is 30.0. The third-order valence-corrected chi connectivity index (χ3v) is 9.12. The summed E-state index contributed by atoms with van der Waals surface area (Å²) in [5, 5.41) is -1.07. The third-order valence-electron chi connectivity index (χ3n) is 7.54. The van der Waals surface area contributed by atoms with Gasteiger partial charge in [-0.25, -0.2) is 8.42 Å². The summed E-state index contributed by atoms with van der Waals surface area (Å²) in [6.07, 6.45) is 12.9. The van der Waals surface area contributed by atoms with Gasteiger partial charge in [0.05, 0.1) is 18.1 Å². The van der Waals surface area contributed by atoms with Crippen LogP contribution in [0, 0.1) is 11.3 Å². The molecule has 0 aromatic heterocycles. The molecule has 1 saturated heterocycles. The highest BCUT2D eigenvalue weighted by Gasteiger charge is 2.38. The van der Waals surface area contributed by atoms with E-state index in [-0.39, 0.29) is 10.3 Å². The molecule has 3 nitrogen and oxygen atoms in total. The van der Waals surface area contributed by atoms with E-state index < -0.39 is 15.0 Å². The van der Waals surface area contributed by atoms with Crippen molar-refractivity contribution in [3.63, 3.8) is 0 Å². The maximum absolute atomic E-state index is 14.6. The van der Waals surface area contributed by atoms with E-state index in [0.29, 0.717) is 25.4 Å². The van der Waals surface area contributed by atoms with Crippen LogP contribution in [0.25, 0.3) is 0 Å². The number of halogens is 1. The van der Waals surface area contributed by atoms with Gasteiger partial charge in [-0.05, 0) is 86.1 Å². The fourth-order valence-electron chi connectivity index (χ4n) is 5.10. The topological polar surface area (TPSA) is 43.4 Å². The molecular weight excluding hydrogens is 471 g/mol. The van der Waals surface area contributed by atoms with Crippen molar-refractivity contribution in [1.29, 1.82) is 0 Å². The molecule has 1 aromatic rings. The average molecular weight is 515 g/mol. The van der Waals surface area contributed by atoms with E-state index in [1.54, 1.807) is 18.2 Å². The minimum atomic E-state index is -4.08. The van der Waals surface area contributed by atoms with Crippen LogP contribution in [0.1, 0.15) is 73.1 Å². The summed E-state index contributed by atoms with van der Waals surface area (Å²) in [5.74, 6) is 0.337. The van der Waals surface area contributed by atoms with E-state index in [1.807, 2.05) is 20.8 Å². The van der Waals surface area contributed by atoms with Gasteiger partial charge >= 0.3 is 0 Å². The molecule has 3 rings (SSSR count). The highest BCUT2D eigenvalue weighted by Crippen LogP contribution is 2.50. The van der Waals surface area contributed by atoms with Gasteiger partial charge in [-0.1, -0.05) is 81.8 Å². The van der Waals surface area contributed by atoms with Crippen molar-refractivity contribution in [2.45, 2.75) is 78.0 Å². The Morgan fingerprint density at radius 3 is 2.53 bits per heavy atom. The van der Waals surface area contributed by atoms with Crippen molar-refractivity contribution in [1.82, 2.24) is 0 Å². The molecule has 0 spiro atoms. The third kappa shape index (κ3) is 7.17. The second-order valence-electron chi connectivity index (χ2n) is 9.51. The molecule has 2 atom stereocenters. The fraction of sp³-hybridized carbons (Fsp3) is 0.484. The van der Waals surface area contributed by atoms with Crippen molar-refractivity contribution in [2.75, 3.05) is 13.2 Å². The molecule has 36 heavy (non-hydrogen) atoms. The maximum atomic E-state index is 14.6. The molecule has 1 saturated carbocycles. The van der Waals surface area contributed by atoms with E-state index in [2.05, 4.69) is 38.7 Å². The Balaban J connectivity index is 0.00000222. The van der Waals surface area contributed by atoms with Crippen LogP contribution in [-0.2, 0) is 14.6 Å². The van der Waals surface area contributed by atoms with Gasteiger partial charge < -0.3 is 4.74 Å². The number of sulfone groups is 1. The second-order valence-corrected chi connectivity index (χ2v) is 11.4. The highest BCUT2D eigenvalue weighted by atomic mass is 32.2. The van der Waals surface area contributed by atoms with Gasteiger partial charge in [-0.3, -0.25) is 0 Å². The van der Waals surface area contributed by atoms with Gasteiger partial charge in [-0.2, -0.15) is 4.39 Å². The van der Waals surface area contributed by atoms with Crippen LogP contribution in [0.5, 0.6) is 0 Å². The molecule has 2 fully saturated rings. The zero-order valence-corrected chi connectivity index (χ0v) is 23.5. The van der Waals surface area contributed by atoms with Gasteiger partial charge in [0.25, 0.3) is 0 Å². The van der Waals surface area contributed by atoms with Crippen molar-refractivity contribution >= 4 is 9.84 Å². The number of hydrogen-bond donors (Lipinski definition) is 0. The molecule has 5 heteroatoms. The van der Waals surface area contributed by atoms with Crippen LogP contribution in [0.3, 0.4) is 0 Å². The summed E-state index contributed by atoms with van der Waals surface area (Å²) in [4.78, 5) is -0.0159. The molecule has 0 N–H and O–H groups in total. The van der Waals surface area contributed by atoms with E-state index in [1.165, 1.54) is 34.9 Å². The fourth-order valence-corrected chi connectivity index (χ4v) is 6.18. The summed E-state index contributed by atoms with van der Waals surface area (Å²) in [6, 6.07) is 7.75. The highest BCUT2D eigenvalue weighted by molar-refractivity contribution is 7.95. The van der Waals surface area contributed by atoms with Crippen LogP contribution in [-0.4, -0.2) is 21.6 Å². The Labute approximate surface area is 218 Å². The quantitative estimate of drug-likeness (QED) is 0.342. The van der Waals surface area contributed by atoms with E-state index >= 15 is 0 Å². The summed E-state index contributed by atoms with van der Waals surface area (Å²) in [6.45, 7) is 16.1. The normalized spacial score (nSPS) is 26.1. The zero-order chi connectivity index (χ0) is 26.8. The molecule has 0 bridgehead atoms. The van der Waals surface area contributed by atoms with Gasteiger partial charge in [-0.15, -0.1) is 0 Å². The molecule has 1 aliphatic heterocycles. The first-order valence-corrected chi connectivity index (χ1v) is 14.7. The number of hydrogen-bond acceptors (Lipinski definition) is 3. The Kier molecular flexibility index (Phi) is 11.6. The second kappa shape index (κ2) is 13.9. The smallest absolute Gasteiger partial charge is 0.232 e. The summed E-state index contributed by atoms with van der Waals surface area (Å²) >= 11 is 0. The standard InChI is InChI=1S/C29H37FO3S.C2H6/c1-5-26(12-9-15-28(30)34(31,32)27-13-7-6-8-14-27)29(4)19-10-11-24(23(29)3)16-17-25-21-33-20-18-22(25)2;1-2/h5-8,13-17,23H,2,9-12,18-21H2,1,3-4H3;1-2H3/b24-16+,25-17-,26-5-,28-15+;. The van der Waals surface area contributed by atoms with Gasteiger partial charge in [0.15, 0.2) is 0 Å². The predicted molar refractivity (Wildman–Crippen MR) is 149 cm³/mol. The largest absolute Gasteiger partial charge is 0.376 e. The lowest BCUT2D eigenvalue weighted by Crippen LogP contribution is -2.32. The Bertz CT molecular complexity index is 1110. The Hall–Kier alpha value is -2.24. The van der Waals surface area contributed by atoms with Crippen LogP contribution in [0.2, 0.25) is 0 Å². The number of allylic oxidation sites excluding steroid dienone is 6. The molecule has 1 heterocycles. The summed E-state index contributed by atoms with van der Waals surface area (Å²) < 4.78 is 45.2. The monoisotopic (exact) mass is 514 g/mol. The van der Waals surface area contributed by atoms with Crippen molar-refractivity contribution in [2.24, 2.45) is 11.3 Å². The van der Waals surface area contributed by atoms with E-state index in [9.17, 15) is 12.8 Å². The Morgan fingerprint density at radius 1 is 1.19 bits per heavy atom. The molecular formula is C31H43FO3S. The molecule has 0 radical (unpaired) electrons. The molecule has 198 valence electrons. The number of ether oxygens (including phenoxy) is 1. The van der Waals surface area contributed by atoms with Crippen molar-refractivity contribution in [3.8, 4) is 0 Å². The molecule has 0 amide bonds. The van der Waals surface area contributed by atoms with Crippen molar-refractivity contribution < 1.29 is 17.5 Å². The minimum Gasteiger partial charge on any atom is -0.376 e. The molecule has 1 aliphatic carbocycles. The minimum absolute atomic E-state index is 0.0159. The molecule has 1 aromatic carbocycles. The molecule has 2 unspecified atom stereocenters. The van der Waals surface area contributed by atoms with Gasteiger partial charge in [0, 0.05) is 0 Å². The first-order chi connectivity index (χ1) is 17.2. The van der Waals surface area contributed by atoms with Crippen LogP contribution < -0.4 is 0 Å². The first-order valence-electron chi connectivity index (χ1n) is 13.2. The summed E-state index contributed by atoms with van der Waals surface area (Å²) in [7, 11) is -4.08. The SMILES string of the molecule is C=C1CCOC/C1=C/C=C1\CCCC(C)(/C(=C\C)CC/C=C(\F)S(=O)(=O)c2ccccc2)C1C.CC. The van der Waals surface area contributed by atoms with Crippen LogP contribution in [0.4, 0.5) is 4.39 Å². The van der Waals surface area contributed by atoms with Crippen LogP contribution >= 0.6 is 0 Å². The lowest BCUT2D eigenvalue weighted by Gasteiger charge is -2.43. The summed E-state index contributed by atoms with van der Waals surface area (Å²) in [5.41, 5.74) is 4.95. The van der Waals surface area contributed by atoms with Crippen LogP contribution in [0.15, 0.2) is 93.6 Å². The average Bonchev–Trinajstić information content (AvgIpc) is 2.90. The zero-order valence-electron chi connectivity index (χ0n) is 22.6. The predicted octanol–water partition coefficient (Wildman–Crippen LogP) is 8.68. The van der Waals surface area contributed by atoms with Gasteiger partial charge in [0.2, 0.25) is 15.0 Å².